The van der Waals surface area contributed by atoms with Gasteiger partial charge in [-0.3, -0.25) is 9.59 Å². The lowest BCUT2D eigenvalue weighted by molar-refractivity contribution is 0.0390. The number of benzene rings is 2. The summed E-state index contributed by atoms with van der Waals surface area (Å²) in [5.74, 6) is -4.06. The molecular weight excluding hydrogens is 372 g/mol. The molecule has 0 atom stereocenters. The summed E-state index contributed by atoms with van der Waals surface area (Å²) in [6.45, 7) is 0. The first-order valence-electron chi connectivity index (χ1n) is 7.76. The Kier molecular flexibility index (Phi) is 2.86. The first-order valence-corrected chi connectivity index (χ1v) is 7.76. The highest BCUT2D eigenvalue weighted by Gasteiger charge is 2.39. The summed E-state index contributed by atoms with van der Waals surface area (Å²) < 4.78 is 4.66. The maximum absolute atomic E-state index is 13.0. The lowest BCUT2D eigenvalue weighted by atomic mass is 9.87. The zero-order chi connectivity index (χ0) is 19.7. The van der Waals surface area contributed by atoms with Crippen LogP contribution >= 0.6 is 0 Å². The minimum absolute atomic E-state index is 0.0112. The largest absolute Gasteiger partial charge is 0.479 e. The number of carbonyl (C=O) groups excluding carboxylic acids is 4. The number of esters is 2. The van der Waals surface area contributed by atoms with Gasteiger partial charge in [0.1, 0.15) is 0 Å². The summed E-state index contributed by atoms with van der Waals surface area (Å²) in [5, 5.41) is 19.2. The summed E-state index contributed by atoms with van der Waals surface area (Å²) in [5.41, 5.74) is 0.133. The Labute approximate surface area is 153 Å². The molecule has 3 heterocycles. The van der Waals surface area contributed by atoms with Crippen molar-refractivity contribution in [1.82, 2.24) is 15.0 Å². The molecule has 0 spiro atoms. The lowest BCUT2D eigenvalue weighted by Crippen LogP contribution is -2.42. The van der Waals surface area contributed by atoms with E-state index in [-0.39, 0.29) is 33.0 Å². The summed E-state index contributed by atoms with van der Waals surface area (Å²) in [6, 6.07) is 3.48. The summed E-state index contributed by atoms with van der Waals surface area (Å²) in [7, 11) is 0. The number of hydrogen-bond acceptors (Lipinski definition) is 10. The van der Waals surface area contributed by atoms with E-state index in [1.54, 1.807) is 0 Å². The van der Waals surface area contributed by atoms with Crippen LogP contribution in [0.2, 0.25) is 0 Å². The monoisotopic (exact) mass is 378 g/mol. The van der Waals surface area contributed by atoms with Gasteiger partial charge in [0.05, 0.1) is 11.1 Å². The second-order valence-electron chi connectivity index (χ2n) is 5.93. The molecule has 0 saturated heterocycles. The van der Waals surface area contributed by atoms with Gasteiger partial charge < -0.3 is 14.9 Å². The molecule has 0 saturated carbocycles. The van der Waals surface area contributed by atoms with Crippen LogP contribution in [0.1, 0.15) is 41.4 Å². The van der Waals surface area contributed by atoms with E-state index >= 15 is 0 Å². The Morgan fingerprint density at radius 1 is 0.679 bits per heavy atom. The fourth-order valence-electron chi connectivity index (χ4n) is 3.34. The molecule has 1 aromatic heterocycles. The molecule has 0 unspecified atom stereocenters. The zero-order valence-electron chi connectivity index (χ0n) is 13.5. The van der Waals surface area contributed by atoms with Gasteiger partial charge in [0.25, 0.3) is 11.8 Å². The number of rotatable bonds is 1. The smallest absolute Gasteiger partial charge is 0.346 e. The molecule has 28 heavy (non-hydrogen) atoms. The van der Waals surface area contributed by atoms with Crippen molar-refractivity contribution in [3.63, 3.8) is 0 Å². The van der Waals surface area contributed by atoms with E-state index in [1.165, 1.54) is 24.3 Å². The van der Waals surface area contributed by atoms with Crippen LogP contribution in [0.25, 0.3) is 10.8 Å². The molecule has 2 aliphatic heterocycles. The molecule has 2 aliphatic rings. The van der Waals surface area contributed by atoms with Crippen LogP contribution in [-0.4, -0.2) is 48.9 Å². The number of hydrogen-bond donors (Lipinski definition) is 2. The molecule has 2 aromatic carbocycles. The highest BCUT2D eigenvalue weighted by molar-refractivity contribution is 6.38. The summed E-state index contributed by atoms with van der Waals surface area (Å²) in [6.07, 6.45) is 0. The first kappa shape index (κ1) is 15.8. The van der Waals surface area contributed by atoms with Crippen LogP contribution in [0.4, 0.5) is 5.95 Å². The first-order chi connectivity index (χ1) is 13.4. The molecule has 11 nitrogen and oxygen atoms in total. The number of aromatic nitrogens is 3. The number of nitrogens with zero attached hydrogens (tertiary/aromatic N) is 4. The molecule has 5 rings (SSSR count). The third-order valence-corrected chi connectivity index (χ3v) is 4.45. The van der Waals surface area contributed by atoms with E-state index in [1.807, 2.05) is 0 Å². The molecule has 0 aliphatic carbocycles. The van der Waals surface area contributed by atoms with E-state index < -0.39 is 41.7 Å². The number of amides is 2. The third kappa shape index (κ3) is 1.89. The van der Waals surface area contributed by atoms with Gasteiger partial charge in [0.15, 0.2) is 0 Å². The van der Waals surface area contributed by atoms with Crippen molar-refractivity contribution >= 4 is 40.5 Å². The maximum Gasteiger partial charge on any atom is 0.346 e. The fraction of sp³-hybridized carbons (Fsp3) is 0. The molecule has 0 fully saturated rings. The van der Waals surface area contributed by atoms with E-state index in [0.717, 1.165) is 0 Å². The van der Waals surface area contributed by atoms with Crippen molar-refractivity contribution in [3.05, 3.63) is 46.5 Å². The number of cyclic esters (lactones) is 2. The minimum atomic E-state index is -0.882. The number of carbonyl (C=O) groups is 4. The van der Waals surface area contributed by atoms with Gasteiger partial charge in [-0.05, 0) is 24.3 Å². The second kappa shape index (κ2) is 5.07. The van der Waals surface area contributed by atoms with Gasteiger partial charge in [-0.1, -0.05) is 0 Å². The minimum Gasteiger partial charge on any atom is -0.479 e. The standard InChI is InChI=1S/C17H6N4O7/c22-11-5-1-3-7-10-8(14(25)28-13(7)24)4-2-6(9(5)10)12(23)21(11)15-18-16(26)20-17(27)19-15/h1-4H,(H2,18,19,20,26,27). The Morgan fingerprint density at radius 2 is 1.11 bits per heavy atom. The number of imide groups is 1. The van der Waals surface area contributed by atoms with Crippen molar-refractivity contribution in [2.45, 2.75) is 0 Å². The van der Waals surface area contributed by atoms with Crippen LogP contribution in [0, 0.1) is 0 Å². The fourth-order valence-corrected chi connectivity index (χ4v) is 3.34. The Balaban J connectivity index is 1.82. The van der Waals surface area contributed by atoms with Crippen LogP contribution < -0.4 is 4.90 Å². The molecule has 11 heteroatoms. The van der Waals surface area contributed by atoms with Gasteiger partial charge in [0.2, 0.25) is 5.95 Å². The van der Waals surface area contributed by atoms with Crippen molar-refractivity contribution in [2.75, 3.05) is 4.90 Å². The third-order valence-electron chi connectivity index (χ3n) is 4.45. The van der Waals surface area contributed by atoms with Crippen LogP contribution in [0.5, 0.6) is 12.0 Å². The SMILES string of the molecule is O=C1OC(=O)c2ccc3c4c(ccc1c24)C(=O)N(c1nc(O)nc(O)n1)C3=O. The Hall–Kier alpha value is -4.41. The van der Waals surface area contributed by atoms with Crippen molar-refractivity contribution < 1.29 is 34.1 Å². The van der Waals surface area contributed by atoms with E-state index in [0.29, 0.717) is 4.90 Å². The van der Waals surface area contributed by atoms with Crippen molar-refractivity contribution in [2.24, 2.45) is 0 Å². The maximum atomic E-state index is 13.0. The van der Waals surface area contributed by atoms with Crippen LogP contribution in [0.15, 0.2) is 24.3 Å². The molecule has 0 radical (unpaired) electrons. The quantitative estimate of drug-likeness (QED) is 0.347. The van der Waals surface area contributed by atoms with Gasteiger partial charge >= 0.3 is 24.0 Å². The van der Waals surface area contributed by atoms with Crippen LogP contribution in [-0.2, 0) is 4.74 Å². The second-order valence-corrected chi connectivity index (χ2v) is 5.93. The lowest BCUT2D eigenvalue weighted by Gasteiger charge is -2.27. The topological polar surface area (TPSA) is 160 Å². The van der Waals surface area contributed by atoms with Crippen molar-refractivity contribution in [1.29, 1.82) is 0 Å². The number of aromatic hydroxyl groups is 2. The normalized spacial score (nSPS) is 15.2. The van der Waals surface area contributed by atoms with Gasteiger partial charge in [-0.25, -0.2) is 14.5 Å². The molecule has 136 valence electrons. The van der Waals surface area contributed by atoms with E-state index in [9.17, 15) is 29.4 Å². The van der Waals surface area contributed by atoms with Gasteiger partial charge in [-0.15, -0.1) is 4.98 Å². The van der Waals surface area contributed by atoms with E-state index in [4.69, 9.17) is 0 Å². The van der Waals surface area contributed by atoms with Gasteiger partial charge in [-0.2, -0.15) is 9.97 Å². The molecule has 3 aromatic rings. The molecule has 0 bridgehead atoms. The predicted molar refractivity (Wildman–Crippen MR) is 88.0 cm³/mol. The van der Waals surface area contributed by atoms with Crippen LogP contribution in [0.3, 0.4) is 0 Å². The average molecular weight is 378 g/mol. The highest BCUT2D eigenvalue weighted by Crippen LogP contribution is 2.38. The van der Waals surface area contributed by atoms with Crippen molar-refractivity contribution in [3.8, 4) is 12.0 Å². The summed E-state index contributed by atoms with van der Waals surface area (Å²) >= 11 is 0. The zero-order valence-corrected chi connectivity index (χ0v) is 13.5. The Bertz CT molecular complexity index is 1210. The predicted octanol–water partition coefficient (Wildman–Crippen LogP) is 0.547. The molecular formula is C17H6N4O7. The molecule has 2 N–H and O–H groups in total. The number of anilines is 1. The average Bonchev–Trinajstić information content (AvgIpc) is 2.63. The number of ether oxygens (including phenoxy) is 1. The highest BCUT2D eigenvalue weighted by atomic mass is 16.6. The molecule has 2 amide bonds. The van der Waals surface area contributed by atoms with E-state index in [2.05, 4.69) is 19.7 Å². The Morgan fingerprint density at radius 3 is 1.61 bits per heavy atom. The summed E-state index contributed by atoms with van der Waals surface area (Å²) in [4.78, 5) is 60.7. The van der Waals surface area contributed by atoms with Gasteiger partial charge in [0, 0.05) is 21.9 Å².